The van der Waals surface area contributed by atoms with Crippen LogP contribution in [0.5, 0.6) is 0 Å². The first kappa shape index (κ1) is 15.2. The average molecular weight is 312 g/mol. The molecule has 2 rings (SSSR count). The van der Waals surface area contributed by atoms with Gasteiger partial charge in [0.25, 0.3) is 10.0 Å². The van der Waals surface area contributed by atoms with Crippen molar-refractivity contribution in [2.75, 3.05) is 17.1 Å². The number of benzene rings is 2. The Balaban J connectivity index is 2.54. The zero-order valence-electron chi connectivity index (χ0n) is 11.5. The van der Waals surface area contributed by atoms with Gasteiger partial charge in [0, 0.05) is 18.3 Å². The van der Waals surface area contributed by atoms with E-state index in [1.165, 1.54) is 32.2 Å². The van der Waals surface area contributed by atoms with E-state index in [-0.39, 0.29) is 21.8 Å². The number of anilines is 2. The summed E-state index contributed by atoms with van der Waals surface area (Å²) in [5.74, 6) is -1.17. The predicted octanol–water partition coefficient (Wildman–Crippen LogP) is 2.68. The second kappa shape index (κ2) is 5.33. The van der Waals surface area contributed by atoms with Gasteiger partial charge in [-0.2, -0.15) is 0 Å². The summed E-state index contributed by atoms with van der Waals surface area (Å²) in [6.07, 6.45) is 0. The van der Waals surface area contributed by atoms with Crippen molar-refractivity contribution >= 4 is 21.4 Å². The largest absolute Gasteiger partial charge is 0.399 e. The summed E-state index contributed by atoms with van der Waals surface area (Å²) in [5, 5.41) is 0. The van der Waals surface area contributed by atoms with Crippen LogP contribution in [0, 0.1) is 18.6 Å². The number of sulfonamides is 1. The summed E-state index contributed by atoms with van der Waals surface area (Å²) >= 11 is 0. The van der Waals surface area contributed by atoms with Crippen LogP contribution in [-0.4, -0.2) is 15.5 Å². The van der Waals surface area contributed by atoms with E-state index in [1.807, 2.05) is 0 Å². The van der Waals surface area contributed by atoms with Gasteiger partial charge in [0.2, 0.25) is 0 Å². The fourth-order valence-corrected chi connectivity index (χ4v) is 3.34. The molecule has 21 heavy (non-hydrogen) atoms. The molecule has 2 N–H and O–H groups in total. The van der Waals surface area contributed by atoms with Gasteiger partial charge in [0.05, 0.1) is 10.6 Å². The molecule has 0 unspecified atom stereocenters. The van der Waals surface area contributed by atoms with Gasteiger partial charge in [-0.3, -0.25) is 4.31 Å². The number of hydrogen-bond donors (Lipinski definition) is 1. The summed E-state index contributed by atoms with van der Waals surface area (Å²) in [7, 11) is -2.68. The molecule has 112 valence electrons. The fourth-order valence-electron chi connectivity index (χ4n) is 1.88. The third-order valence-electron chi connectivity index (χ3n) is 3.15. The normalized spacial score (nSPS) is 11.4. The van der Waals surface area contributed by atoms with E-state index in [0.29, 0.717) is 0 Å². The smallest absolute Gasteiger partial charge is 0.264 e. The predicted molar refractivity (Wildman–Crippen MR) is 77.5 cm³/mol. The van der Waals surface area contributed by atoms with Crippen LogP contribution in [0.1, 0.15) is 5.56 Å². The van der Waals surface area contributed by atoms with Crippen LogP contribution in [0.4, 0.5) is 20.2 Å². The maximum absolute atomic E-state index is 13.7. The molecule has 0 spiro atoms. The maximum Gasteiger partial charge on any atom is 0.264 e. The molecule has 0 aromatic heterocycles. The van der Waals surface area contributed by atoms with Gasteiger partial charge in [-0.25, -0.2) is 17.2 Å². The number of rotatable bonds is 3. The van der Waals surface area contributed by atoms with Crippen molar-refractivity contribution in [3.63, 3.8) is 0 Å². The molecule has 0 radical (unpaired) electrons. The lowest BCUT2D eigenvalue weighted by molar-refractivity contribution is 0.585. The Bertz CT molecular complexity index is 774. The highest BCUT2D eigenvalue weighted by Crippen LogP contribution is 2.27. The Morgan fingerprint density at radius 2 is 1.67 bits per heavy atom. The molecule has 2 aromatic rings. The molecule has 7 heteroatoms. The van der Waals surface area contributed by atoms with Gasteiger partial charge in [0.1, 0.15) is 11.6 Å². The van der Waals surface area contributed by atoms with E-state index in [0.717, 1.165) is 22.5 Å². The SMILES string of the molecule is Cc1c(F)cc(N)cc1S(=O)(=O)N(C)c1ccc(F)cc1. The van der Waals surface area contributed by atoms with Crippen LogP contribution >= 0.6 is 0 Å². The molecular formula is C14H14F2N2O2S. The first-order chi connectivity index (χ1) is 9.73. The van der Waals surface area contributed by atoms with E-state index in [4.69, 9.17) is 5.73 Å². The monoisotopic (exact) mass is 312 g/mol. The Hall–Kier alpha value is -2.15. The van der Waals surface area contributed by atoms with Crippen LogP contribution in [0.25, 0.3) is 0 Å². The van der Waals surface area contributed by atoms with Crippen molar-refractivity contribution in [1.29, 1.82) is 0 Å². The van der Waals surface area contributed by atoms with E-state index in [2.05, 4.69) is 0 Å². The Labute approximate surface area is 121 Å². The number of nitrogens with zero attached hydrogens (tertiary/aromatic N) is 1. The zero-order valence-corrected chi connectivity index (χ0v) is 12.3. The minimum atomic E-state index is -3.99. The van der Waals surface area contributed by atoms with Crippen molar-refractivity contribution in [2.24, 2.45) is 0 Å². The second-order valence-corrected chi connectivity index (χ2v) is 6.51. The van der Waals surface area contributed by atoms with Crippen LogP contribution in [0.2, 0.25) is 0 Å². The van der Waals surface area contributed by atoms with E-state index < -0.39 is 21.7 Å². The van der Waals surface area contributed by atoms with Crippen molar-refractivity contribution in [1.82, 2.24) is 0 Å². The molecule has 0 atom stereocenters. The molecule has 0 aliphatic carbocycles. The summed E-state index contributed by atoms with van der Waals surface area (Å²) in [4.78, 5) is -0.216. The molecular weight excluding hydrogens is 298 g/mol. The average Bonchev–Trinajstić information content (AvgIpc) is 2.42. The molecule has 0 aliphatic rings. The van der Waals surface area contributed by atoms with Crippen molar-refractivity contribution in [2.45, 2.75) is 11.8 Å². The number of nitrogens with two attached hydrogens (primary N) is 1. The topological polar surface area (TPSA) is 63.4 Å². The summed E-state index contributed by atoms with van der Waals surface area (Å²) in [6, 6.07) is 7.21. The molecule has 0 saturated carbocycles. The van der Waals surface area contributed by atoms with Gasteiger partial charge in [0.15, 0.2) is 0 Å². The zero-order chi connectivity index (χ0) is 15.8. The van der Waals surface area contributed by atoms with Gasteiger partial charge in [-0.1, -0.05) is 0 Å². The van der Waals surface area contributed by atoms with E-state index in [1.54, 1.807) is 0 Å². The van der Waals surface area contributed by atoms with Gasteiger partial charge in [-0.05, 0) is 43.3 Å². The first-order valence-electron chi connectivity index (χ1n) is 6.03. The standard InChI is InChI=1S/C14H14F2N2O2S/c1-9-13(16)7-11(17)8-14(9)21(19,20)18(2)12-5-3-10(15)4-6-12/h3-8H,17H2,1-2H3. The van der Waals surface area contributed by atoms with E-state index >= 15 is 0 Å². The number of hydrogen-bond acceptors (Lipinski definition) is 3. The molecule has 4 nitrogen and oxygen atoms in total. The molecule has 0 aliphatic heterocycles. The third kappa shape index (κ3) is 2.82. The van der Waals surface area contributed by atoms with Gasteiger partial charge < -0.3 is 5.73 Å². The van der Waals surface area contributed by atoms with Crippen molar-refractivity contribution in [3.05, 3.63) is 53.6 Å². The van der Waals surface area contributed by atoms with E-state index in [9.17, 15) is 17.2 Å². The lowest BCUT2D eigenvalue weighted by Gasteiger charge is -2.21. The van der Waals surface area contributed by atoms with Gasteiger partial charge >= 0.3 is 0 Å². The highest BCUT2D eigenvalue weighted by atomic mass is 32.2. The highest BCUT2D eigenvalue weighted by molar-refractivity contribution is 7.92. The molecule has 0 heterocycles. The first-order valence-corrected chi connectivity index (χ1v) is 7.47. The quantitative estimate of drug-likeness (QED) is 0.886. The minimum absolute atomic E-state index is 0.0156. The minimum Gasteiger partial charge on any atom is -0.399 e. The highest BCUT2D eigenvalue weighted by Gasteiger charge is 2.25. The van der Waals surface area contributed by atoms with Crippen molar-refractivity contribution < 1.29 is 17.2 Å². The number of halogens is 2. The lowest BCUT2D eigenvalue weighted by atomic mass is 10.2. The second-order valence-electron chi connectivity index (χ2n) is 4.57. The lowest BCUT2D eigenvalue weighted by Crippen LogP contribution is -2.27. The molecule has 0 bridgehead atoms. The summed E-state index contributed by atoms with van der Waals surface area (Å²) in [5.41, 5.74) is 5.78. The number of nitrogen functional groups attached to an aromatic ring is 1. The fraction of sp³-hybridized carbons (Fsp3) is 0.143. The third-order valence-corrected chi connectivity index (χ3v) is 5.06. The Kier molecular flexibility index (Phi) is 3.87. The van der Waals surface area contributed by atoms with Crippen LogP contribution in [-0.2, 0) is 10.0 Å². The van der Waals surface area contributed by atoms with Crippen LogP contribution in [0.15, 0.2) is 41.3 Å². The molecule has 0 fully saturated rings. The molecule has 0 amide bonds. The van der Waals surface area contributed by atoms with Gasteiger partial charge in [-0.15, -0.1) is 0 Å². The summed E-state index contributed by atoms with van der Waals surface area (Å²) in [6.45, 7) is 1.36. The molecule has 2 aromatic carbocycles. The summed E-state index contributed by atoms with van der Waals surface area (Å²) < 4.78 is 52.6. The maximum atomic E-state index is 13.7. The molecule has 0 saturated heterocycles. The van der Waals surface area contributed by atoms with Crippen molar-refractivity contribution in [3.8, 4) is 0 Å². The van der Waals surface area contributed by atoms with Crippen LogP contribution in [0.3, 0.4) is 0 Å². The Morgan fingerprint density at radius 3 is 2.24 bits per heavy atom. The Morgan fingerprint density at radius 1 is 1.10 bits per heavy atom. The van der Waals surface area contributed by atoms with Crippen LogP contribution < -0.4 is 10.0 Å².